The van der Waals surface area contributed by atoms with Crippen molar-refractivity contribution >= 4 is 0 Å². The molecular weight excluding hydrogens is 231 g/mol. The minimum Gasteiger partial charge on any atom is -0.497 e. The molecule has 17 heavy (non-hydrogen) atoms. The molecule has 0 saturated carbocycles. The first-order valence-corrected chi connectivity index (χ1v) is 5.36. The van der Waals surface area contributed by atoms with E-state index in [1.807, 2.05) is 6.07 Å². The lowest BCUT2D eigenvalue weighted by atomic mass is 10.0. The summed E-state index contributed by atoms with van der Waals surface area (Å²) in [6, 6.07) is 6.71. The molecule has 1 rings (SSSR count). The van der Waals surface area contributed by atoms with Crippen LogP contribution in [0.2, 0.25) is 0 Å². The van der Waals surface area contributed by atoms with Crippen LogP contribution in [0.15, 0.2) is 24.3 Å². The first-order valence-electron chi connectivity index (χ1n) is 5.36. The van der Waals surface area contributed by atoms with Gasteiger partial charge in [-0.3, -0.25) is 0 Å². The molecule has 0 heterocycles. The Morgan fingerprint density at radius 3 is 2.65 bits per heavy atom. The second-order valence-electron chi connectivity index (χ2n) is 3.97. The molecule has 0 aliphatic heterocycles. The van der Waals surface area contributed by atoms with Crippen LogP contribution in [0.25, 0.3) is 0 Å². The van der Waals surface area contributed by atoms with Gasteiger partial charge in [0, 0.05) is 12.5 Å². The molecule has 0 radical (unpaired) electrons. The highest BCUT2D eigenvalue weighted by Gasteiger charge is 2.27. The molecule has 0 bridgehead atoms. The molecule has 0 amide bonds. The number of halogens is 3. The SMILES string of the molecule is COc1cccc(CC(N)CCC(F)(F)F)c1. The largest absolute Gasteiger partial charge is 0.497 e. The summed E-state index contributed by atoms with van der Waals surface area (Å²) in [4.78, 5) is 0. The number of alkyl halides is 3. The maximum Gasteiger partial charge on any atom is 0.389 e. The molecule has 0 spiro atoms. The summed E-state index contributed by atoms with van der Waals surface area (Å²) in [7, 11) is 1.54. The standard InChI is InChI=1S/C12H16F3NO/c1-17-11-4-2-3-9(8-11)7-10(16)5-6-12(13,14)15/h2-4,8,10H,5-7,16H2,1H3. The summed E-state index contributed by atoms with van der Waals surface area (Å²) in [5.41, 5.74) is 6.55. The van der Waals surface area contributed by atoms with Crippen molar-refractivity contribution in [3.05, 3.63) is 29.8 Å². The van der Waals surface area contributed by atoms with Gasteiger partial charge in [-0.15, -0.1) is 0 Å². The zero-order chi connectivity index (χ0) is 12.9. The molecular formula is C12H16F3NO. The van der Waals surface area contributed by atoms with E-state index < -0.39 is 18.6 Å². The Morgan fingerprint density at radius 1 is 1.35 bits per heavy atom. The zero-order valence-corrected chi connectivity index (χ0v) is 9.63. The van der Waals surface area contributed by atoms with E-state index in [0.29, 0.717) is 12.2 Å². The van der Waals surface area contributed by atoms with Crippen LogP contribution in [0.5, 0.6) is 5.75 Å². The lowest BCUT2D eigenvalue weighted by Crippen LogP contribution is -2.25. The monoisotopic (exact) mass is 247 g/mol. The summed E-state index contributed by atoms with van der Waals surface area (Å²) in [5, 5.41) is 0. The predicted octanol–water partition coefficient (Wildman–Crippen LogP) is 2.91. The third-order valence-electron chi connectivity index (χ3n) is 2.43. The van der Waals surface area contributed by atoms with Gasteiger partial charge in [-0.25, -0.2) is 0 Å². The summed E-state index contributed by atoms with van der Waals surface area (Å²) < 4.78 is 41.0. The van der Waals surface area contributed by atoms with Gasteiger partial charge in [-0.1, -0.05) is 12.1 Å². The van der Waals surface area contributed by atoms with Crippen LogP contribution >= 0.6 is 0 Å². The fourth-order valence-corrected chi connectivity index (χ4v) is 1.55. The molecule has 5 heteroatoms. The van der Waals surface area contributed by atoms with Crippen LogP contribution < -0.4 is 10.5 Å². The molecule has 1 aromatic rings. The minimum absolute atomic E-state index is 0.0549. The Hall–Kier alpha value is -1.23. The Kier molecular flexibility index (Phi) is 4.81. The molecule has 2 N–H and O–H groups in total. The molecule has 1 aromatic carbocycles. The van der Waals surface area contributed by atoms with E-state index in [0.717, 1.165) is 5.56 Å². The van der Waals surface area contributed by atoms with E-state index in [4.69, 9.17) is 10.5 Å². The molecule has 1 unspecified atom stereocenters. The molecule has 0 aliphatic carbocycles. The van der Waals surface area contributed by atoms with Crippen LogP contribution in [-0.2, 0) is 6.42 Å². The summed E-state index contributed by atoms with van der Waals surface area (Å²) in [6.07, 6.45) is -4.60. The highest BCUT2D eigenvalue weighted by Crippen LogP contribution is 2.23. The van der Waals surface area contributed by atoms with E-state index in [9.17, 15) is 13.2 Å². The average molecular weight is 247 g/mol. The molecule has 1 atom stereocenters. The van der Waals surface area contributed by atoms with E-state index in [-0.39, 0.29) is 6.42 Å². The van der Waals surface area contributed by atoms with E-state index in [1.165, 1.54) is 0 Å². The van der Waals surface area contributed by atoms with Gasteiger partial charge in [0.05, 0.1) is 7.11 Å². The quantitative estimate of drug-likeness (QED) is 0.868. The van der Waals surface area contributed by atoms with Gasteiger partial charge in [0.15, 0.2) is 0 Å². The van der Waals surface area contributed by atoms with Crippen LogP contribution in [0.1, 0.15) is 18.4 Å². The predicted molar refractivity (Wildman–Crippen MR) is 60.0 cm³/mol. The summed E-state index contributed by atoms with van der Waals surface area (Å²) >= 11 is 0. The van der Waals surface area contributed by atoms with Crippen molar-refractivity contribution in [2.24, 2.45) is 5.73 Å². The van der Waals surface area contributed by atoms with Gasteiger partial charge in [0.1, 0.15) is 5.75 Å². The van der Waals surface area contributed by atoms with Crippen LogP contribution in [0, 0.1) is 0 Å². The first kappa shape index (κ1) is 13.8. The van der Waals surface area contributed by atoms with Crippen LogP contribution in [0.3, 0.4) is 0 Å². The van der Waals surface area contributed by atoms with Crippen molar-refractivity contribution in [2.45, 2.75) is 31.5 Å². The lowest BCUT2D eigenvalue weighted by molar-refractivity contribution is -0.136. The van der Waals surface area contributed by atoms with Crippen molar-refractivity contribution in [3.8, 4) is 5.75 Å². The maximum absolute atomic E-state index is 12.0. The Morgan fingerprint density at radius 2 is 2.06 bits per heavy atom. The van der Waals surface area contributed by atoms with Crippen molar-refractivity contribution in [1.29, 1.82) is 0 Å². The van der Waals surface area contributed by atoms with Crippen molar-refractivity contribution in [1.82, 2.24) is 0 Å². The van der Waals surface area contributed by atoms with Gasteiger partial charge in [0.2, 0.25) is 0 Å². The Labute approximate surface area is 98.6 Å². The van der Waals surface area contributed by atoms with Crippen molar-refractivity contribution in [3.63, 3.8) is 0 Å². The highest BCUT2D eigenvalue weighted by molar-refractivity contribution is 5.28. The van der Waals surface area contributed by atoms with Gasteiger partial charge < -0.3 is 10.5 Å². The molecule has 0 aromatic heterocycles. The Balaban J connectivity index is 2.47. The summed E-state index contributed by atoms with van der Waals surface area (Å²) in [5.74, 6) is 0.686. The van der Waals surface area contributed by atoms with E-state index in [1.54, 1.807) is 25.3 Å². The molecule has 2 nitrogen and oxygen atoms in total. The number of methoxy groups -OCH3 is 1. The smallest absolute Gasteiger partial charge is 0.389 e. The molecule has 0 fully saturated rings. The number of hydrogen-bond acceptors (Lipinski definition) is 2. The number of hydrogen-bond donors (Lipinski definition) is 1. The van der Waals surface area contributed by atoms with Crippen molar-refractivity contribution < 1.29 is 17.9 Å². The third-order valence-corrected chi connectivity index (χ3v) is 2.43. The zero-order valence-electron chi connectivity index (χ0n) is 9.63. The summed E-state index contributed by atoms with van der Waals surface area (Å²) in [6.45, 7) is 0. The molecule has 96 valence electrons. The fraction of sp³-hybridized carbons (Fsp3) is 0.500. The van der Waals surface area contributed by atoms with E-state index >= 15 is 0 Å². The maximum atomic E-state index is 12.0. The topological polar surface area (TPSA) is 35.2 Å². The molecule has 0 aliphatic rings. The second-order valence-corrected chi connectivity index (χ2v) is 3.97. The number of benzene rings is 1. The number of ether oxygens (including phenoxy) is 1. The van der Waals surface area contributed by atoms with Crippen LogP contribution in [0.4, 0.5) is 13.2 Å². The average Bonchev–Trinajstić information content (AvgIpc) is 2.26. The van der Waals surface area contributed by atoms with Gasteiger partial charge >= 0.3 is 6.18 Å². The van der Waals surface area contributed by atoms with Gasteiger partial charge in [-0.05, 0) is 30.5 Å². The van der Waals surface area contributed by atoms with Crippen molar-refractivity contribution in [2.75, 3.05) is 7.11 Å². The Bertz CT molecular complexity index is 352. The number of nitrogens with two attached hydrogens (primary N) is 1. The fourth-order valence-electron chi connectivity index (χ4n) is 1.55. The van der Waals surface area contributed by atoms with E-state index in [2.05, 4.69) is 0 Å². The lowest BCUT2D eigenvalue weighted by Gasteiger charge is -2.13. The molecule has 0 saturated heterocycles. The highest BCUT2D eigenvalue weighted by atomic mass is 19.4. The minimum atomic E-state index is -4.13. The second kappa shape index (κ2) is 5.91. The van der Waals surface area contributed by atoms with Gasteiger partial charge in [-0.2, -0.15) is 13.2 Å². The van der Waals surface area contributed by atoms with Gasteiger partial charge in [0.25, 0.3) is 0 Å². The normalized spacial score (nSPS) is 13.5. The third kappa shape index (κ3) is 5.58. The number of rotatable bonds is 5. The van der Waals surface area contributed by atoms with Crippen LogP contribution in [-0.4, -0.2) is 19.3 Å². The first-order chi connectivity index (χ1) is 7.90.